The van der Waals surface area contributed by atoms with Crippen molar-refractivity contribution in [1.29, 1.82) is 0 Å². The number of primary amides is 2. The first-order valence-electron chi connectivity index (χ1n) is 17.7. The molecule has 6 aromatic rings. The zero-order chi connectivity index (χ0) is 41.0. The lowest BCUT2D eigenvalue weighted by Gasteiger charge is -2.12. The maximum Gasteiger partial charge on any atom is 0.317 e. The van der Waals surface area contributed by atoms with Crippen LogP contribution in [0.2, 0.25) is 0 Å². The minimum Gasteiger partial charge on any atom is -0.491 e. The number of ether oxygens (including phenoxy) is 1. The van der Waals surface area contributed by atoms with Crippen molar-refractivity contribution in [3.8, 4) is 5.75 Å². The maximum atomic E-state index is 13.7. The van der Waals surface area contributed by atoms with Crippen LogP contribution in [-0.2, 0) is 30.7 Å². The largest absolute Gasteiger partial charge is 0.491 e. The molecule has 6 N–H and O–H groups in total. The second-order valence-electron chi connectivity index (χ2n) is 12.6. The number of carbonyl (C=O) groups excluding carboxylic acids is 4. The van der Waals surface area contributed by atoms with Crippen LogP contribution in [0.25, 0.3) is 21.4 Å². The third kappa shape index (κ3) is 8.81. The summed E-state index contributed by atoms with van der Waals surface area (Å²) in [6, 6.07) is 4.51. The Kier molecular flexibility index (Phi) is 12.0. The molecule has 0 saturated carbocycles. The van der Waals surface area contributed by atoms with Crippen LogP contribution in [-0.4, -0.2) is 70.4 Å². The van der Waals surface area contributed by atoms with Gasteiger partial charge in [-0.05, 0) is 44.4 Å². The van der Waals surface area contributed by atoms with Crippen molar-refractivity contribution in [1.82, 2.24) is 29.1 Å². The van der Waals surface area contributed by atoms with E-state index in [9.17, 15) is 24.0 Å². The average molecular weight is 815 g/mol. The number of benzene rings is 1. The standard InChI is InChI=1S/C37H38N10O8S2/c1-5-22-29(55-18(3)41-22)34(52)45-37-47(33-26(57-37)16-21(17-40-33)32(39)51)12-8-7-11-46-28-24(14-20(31(38)50)15-25(28)54-13-9-10-27(48)49)43-36(46)44-35(53)30-23(6-2)42-19(4)56-30/h7-8,14-17H,5-6,9-13H2,1-4H3,(H2,38,50)(H2,39,51)(H,48,49)(H,43,44,53)/b8-7+,45-37?. The molecule has 5 heterocycles. The highest BCUT2D eigenvalue weighted by Crippen LogP contribution is 2.32. The molecule has 5 aromatic heterocycles. The predicted molar refractivity (Wildman–Crippen MR) is 211 cm³/mol. The predicted octanol–water partition coefficient (Wildman–Crippen LogP) is 4.32. The molecule has 57 heavy (non-hydrogen) atoms. The minimum absolute atomic E-state index is 0.0110. The van der Waals surface area contributed by atoms with E-state index >= 15 is 0 Å². The van der Waals surface area contributed by atoms with Crippen molar-refractivity contribution in [2.24, 2.45) is 16.5 Å². The summed E-state index contributed by atoms with van der Waals surface area (Å²) in [5.74, 6) is -2.74. The number of fused-ring (bicyclic) bond motifs is 2. The molecule has 6 rings (SSSR count). The summed E-state index contributed by atoms with van der Waals surface area (Å²) in [5.41, 5.74) is 13.7. The van der Waals surface area contributed by atoms with Crippen LogP contribution in [0.5, 0.6) is 5.75 Å². The zero-order valence-corrected chi connectivity index (χ0v) is 33.0. The Morgan fingerprint density at radius 3 is 2.35 bits per heavy atom. The number of thiazole rings is 2. The van der Waals surface area contributed by atoms with Gasteiger partial charge in [-0.3, -0.25) is 33.9 Å². The molecule has 0 fully saturated rings. The number of pyridine rings is 1. The number of hydrogen-bond acceptors (Lipinski definition) is 13. The number of oxazole rings is 1. The maximum absolute atomic E-state index is 13.7. The van der Waals surface area contributed by atoms with Gasteiger partial charge < -0.3 is 30.3 Å². The number of anilines is 1. The van der Waals surface area contributed by atoms with Crippen LogP contribution >= 0.6 is 22.7 Å². The molecule has 296 valence electrons. The third-order valence-corrected chi connectivity index (χ3v) is 10.6. The van der Waals surface area contributed by atoms with E-state index < -0.39 is 29.6 Å². The van der Waals surface area contributed by atoms with Crippen molar-refractivity contribution in [3.05, 3.63) is 85.4 Å². The number of aromatic nitrogens is 6. The van der Waals surface area contributed by atoms with Crippen molar-refractivity contribution in [2.75, 3.05) is 11.9 Å². The van der Waals surface area contributed by atoms with E-state index in [4.69, 9.17) is 25.7 Å². The fraction of sp³-hybridized carbons (Fsp3) is 0.297. The number of carboxylic acids is 1. The van der Waals surface area contributed by atoms with Crippen molar-refractivity contribution < 1.29 is 38.2 Å². The van der Waals surface area contributed by atoms with Crippen molar-refractivity contribution in [3.63, 3.8) is 0 Å². The molecule has 20 heteroatoms. The topological polar surface area (TPSA) is 266 Å². The van der Waals surface area contributed by atoms with Crippen LogP contribution in [0.4, 0.5) is 5.95 Å². The van der Waals surface area contributed by atoms with Gasteiger partial charge in [0.1, 0.15) is 16.1 Å². The van der Waals surface area contributed by atoms with Gasteiger partial charge in [-0.25, -0.2) is 19.9 Å². The lowest BCUT2D eigenvalue weighted by atomic mass is 10.1. The number of carbonyl (C=O) groups is 5. The minimum atomic E-state index is -0.988. The highest BCUT2D eigenvalue weighted by atomic mass is 32.1. The molecule has 1 aromatic carbocycles. The lowest BCUT2D eigenvalue weighted by Crippen LogP contribution is -2.18. The fourth-order valence-corrected chi connectivity index (χ4v) is 7.86. The van der Waals surface area contributed by atoms with Gasteiger partial charge in [-0.15, -0.1) is 11.3 Å². The Hall–Kier alpha value is -6.54. The first-order valence-corrected chi connectivity index (χ1v) is 19.4. The van der Waals surface area contributed by atoms with Gasteiger partial charge in [-0.2, -0.15) is 4.99 Å². The molecule has 0 aliphatic rings. The SMILES string of the molecule is CCc1nc(C)oc1C(=O)N=c1sc2cc(C(N)=O)cnc2n1C/C=C/Cn1c(NC(=O)c2sc(C)nc2CC)nc2cc(C(N)=O)cc(OCCCC(=O)O)c21. The summed E-state index contributed by atoms with van der Waals surface area (Å²) >= 11 is 2.39. The molecule has 18 nitrogen and oxygen atoms in total. The van der Waals surface area contributed by atoms with Gasteiger partial charge in [0.25, 0.3) is 5.91 Å². The molecule has 0 atom stereocenters. The first kappa shape index (κ1) is 40.1. The second kappa shape index (κ2) is 17.1. The summed E-state index contributed by atoms with van der Waals surface area (Å²) in [5, 5.41) is 12.8. The Bertz CT molecular complexity index is 2660. The van der Waals surface area contributed by atoms with Crippen molar-refractivity contribution >= 4 is 79.6 Å². The number of allylic oxidation sites excluding steroid dienone is 2. The molecule has 0 aliphatic carbocycles. The molecule has 0 radical (unpaired) electrons. The molecule has 4 amide bonds. The Morgan fingerprint density at radius 2 is 1.67 bits per heavy atom. The van der Waals surface area contributed by atoms with Crippen molar-refractivity contribution in [2.45, 2.75) is 66.5 Å². The van der Waals surface area contributed by atoms with Crippen LogP contribution in [0, 0.1) is 13.8 Å². The summed E-state index contributed by atoms with van der Waals surface area (Å²) in [4.78, 5) is 85.4. The van der Waals surface area contributed by atoms with E-state index in [1.165, 1.54) is 29.7 Å². The van der Waals surface area contributed by atoms with Crippen LogP contribution < -0.4 is 26.3 Å². The molecule has 0 aliphatic heterocycles. The number of hydrogen-bond donors (Lipinski definition) is 4. The second-order valence-corrected chi connectivity index (χ2v) is 14.8. The van der Waals surface area contributed by atoms with Crippen LogP contribution in [0.3, 0.4) is 0 Å². The Labute approximate surface area is 331 Å². The van der Waals surface area contributed by atoms with Gasteiger partial charge in [0.15, 0.2) is 16.3 Å². The van der Waals surface area contributed by atoms with E-state index in [-0.39, 0.29) is 65.9 Å². The number of aliphatic carboxylic acids is 1. The third-order valence-electron chi connectivity index (χ3n) is 8.53. The van der Waals surface area contributed by atoms with Gasteiger partial charge in [0.2, 0.25) is 23.5 Å². The molecule has 0 spiro atoms. The van der Waals surface area contributed by atoms with Gasteiger partial charge in [0, 0.05) is 38.2 Å². The number of amides is 4. The molecular weight excluding hydrogens is 777 g/mol. The van der Waals surface area contributed by atoms with Gasteiger partial charge >= 0.3 is 11.9 Å². The number of nitrogens with one attached hydrogen (secondary N) is 1. The van der Waals surface area contributed by atoms with Gasteiger partial charge in [-0.1, -0.05) is 37.3 Å². The van der Waals surface area contributed by atoms with E-state index in [1.54, 1.807) is 34.3 Å². The lowest BCUT2D eigenvalue weighted by molar-refractivity contribution is -0.137. The molecule has 0 saturated heterocycles. The van der Waals surface area contributed by atoms with E-state index in [2.05, 4.69) is 30.2 Å². The van der Waals surface area contributed by atoms with Gasteiger partial charge in [0.05, 0.1) is 38.8 Å². The summed E-state index contributed by atoms with van der Waals surface area (Å²) in [7, 11) is 0. The molecule has 0 unspecified atom stereocenters. The van der Waals surface area contributed by atoms with E-state index in [0.29, 0.717) is 56.4 Å². The number of imidazole rings is 1. The van der Waals surface area contributed by atoms with E-state index in [0.717, 1.165) is 16.3 Å². The highest BCUT2D eigenvalue weighted by molar-refractivity contribution is 7.16. The zero-order valence-electron chi connectivity index (χ0n) is 31.3. The normalized spacial score (nSPS) is 11.9. The monoisotopic (exact) mass is 814 g/mol. The molecule has 0 bridgehead atoms. The fourth-order valence-electron chi connectivity index (χ4n) is 5.92. The smallest absolute Gasteiger partial charge is 0.317 e. The summed E-state index contributed by atoms with van der Waals surface area (Å²) in [6.07, 6.45) is 5.97. The summed E-state index contributed by atoms with van der Waals surface area (Å²) < 4.78 is 15.5. The number of carboxylic acid groups (broad SMARTS) is 1. The number of rotatable bonds is 16. The number of nitrogens with two attached hydrogens (primary N) is 2. The summed E-state index contributed by atoms with van der Waals surface area (Å²) in [6.45, 7) is 7.48. The number of aryl methyl sites for hydroxylation is 4. The Balaban J connectivity index is 1.40. The average Bonchev–Trinajstić information content (AvgIpc) is 3.93. The first-order chi connectivity index (χ1) is 27.3. The quantitative estimate of drug-likeness (QED) is 0.0786. The number of nitrogens with zero attached hydrogens (tertiary/aromatic N) is 7. The van der Waals surface area contributed by atoms with Crippen LogP contribution in [0.15, 0.2) is 46.0 Å². The van der Waals surface area contributed by atoms with Crippen LogP contribution in [0.1, 0.15) is 89.9 Å². The Morgan fingerprint density at radius 1 is 0.947 bits per heavy atom. The van der Waals surface area contributed by atoms with E-state index in [1.807, 2.05) is 20.8 Å². The molecular formula is C37H38N10O8S2. The highest BCUT2D eigenvalue weighted by Gasteiger charge is 2.23.